The Balaban J connectivity index is -0.000000400. The first kappa shape index (κ1) is 32.4. The number of aryl methyl sites for hydroxylation is 1. The first-order chi connectivity index (χ1) is 14.5. The van der Waals surface area contributed by atoms with Gasteiger partial charge in [0.25, 0.3) is 0 Å². The average Bonchev–Trinajstić information content (AvgIpc) is 2.78. The number of hydrogen-bond donors (Lipinski definition) is 0. The van der Waals surface area contributed by atoms with E-state index in [1.807, 2.05) is 41.5 Å². The van der Waals surface area contributed by atoms with E-state index < -0.39 is 0 Å². The molecular weight excluding hydrogens is 371 g/mol. The van der Waals surface area contributed by atoms with E-state index >= 15 is 0 Å². The molecule has 170 valence electrons. The highest BCUT2D eigenvalue weighted by Crippen LogP contribution is 2.21. The SMILES string of the molecule is CC.CC.CC.CC(=O)c1cccc(F)c1.CC/C=C(/CCC)c1cccc(C)c1. The molecule has 0 bridgehead atoms. The summed E-state index contributed by atoms with van der Waals surface area (Å²) in [4.78, 5) is 10.6. The summed E-state index contributed by atoms with van der Waals surface area (Å²) in [6, 6.07) is 14.4. The Morgan fingerprint density at radius 3 is 1.80 bits per heavy atom. The second-order valence-corrected chi connectivity index (χ2v) is 5.82. The topological polar surface area (TPSA) is 17.1 Å². The van der Waals surface area contributed by atoms with E-state index in [1.165, 1.54) is 54.7 Å². The van der Waals surface area contributed by atoms with Gasteiger partial charge in [0, 0.05) is 5.56 Å². The Morgan fingerprint density at radius 1 is 0.867 bits per heavy atom. The fourth-order valence-electron chi connectivity index (χ4n) is 2.43. The molecule has 0 aliphatic carbocycles. The average molecular weight is 417 g/mol. The zero-order chi connectivity index (χ0) is 23.9. The molecule has 0 aromatic heterocycles. The van der Waals surface area contributed by atoms with Crippen molar-refractivity contribution < 1.29 is 9.18 Å². The number of ketones is 1. The van der Waals surface area contributed by atoms with Crippen LogP contribution in [0.1, 0.15) is 103 Å². The van der Waals surface area contributed by atoms with Crippen molar-refractivity contribution in [3.05, 3.63) is 77.1 Å². The number of carbonyl (C=O) groups is 1. The molecule has 30 heavy (non-hydrogen) atoms. The second kappa shape index (κ2) is 23.1. The molecule has 2 heteroatoms. The first-order valence-corrected chi connectivity index (χ1v) is 11.5. The lowest BCUT2D eigenvalue weighted by Crippen LogP contribution is -1.91. The van der Waals surface area contributed by atoms with Crippen LogP contribution >= 0.6 is 0 Å². The third-order valence-corrected chi connectivity index (χ3v) is 3.59. The number of Topliss-reactive ketones (excluding diaryl/α,β-unsaturated/α-hetero) is 1. The number of rotatable bonds is 5. The van der Waals surface area contributed by atoms with Crippen molar-refractivity contribution in [2.24, 2.45) is 0 Å². The van der Waals surface area contributed by atoms with Crippen molar-refractivity contribution in [1.82, 2.24) is 0 Å². The molecule has 0 aliphatic rings. The monoisotopic (exact) mass is 416 g/mol. The van der Waals surface area contributed by atoms with Crippen molar-refractivity contribution in [2.75, 3.05) is 0 Å². The fraction of sp³-hybridized carbons (Fsp3) is 0.464. The van der Waals surface area contributed by atoms with Crippen LogP contribution in [-0.2, 0) is 0 Å². The van der Waals surface area contributed by atoms with Gasteiger partial charge < -0.3 is 0 Å². The summed E-state index contributed by atoms with van der Waals surface area (Å²) in [6.07, 6.45) is 5.89. The summed E-state index contributed by atoms with van der Waals surface area (Å²) < 4.78 is 12.4. The molecule has 0 unspecified atom stereocenters. The zero-order valence-electron chi connectivity index (χ0n) is 21.1. The van der Waals surface area contributed by atoms with Gasteiger partial charge in [-0.1, -0.05) is 110 Å². The quantitative estimate of drug-likeness (QED) is 0.443. The van der Waals surface area contributed by atoms with Crippen LogP contribution in [0, 0.1) is 12.7 Å². The predicted molar refractivity (Wildman–Crippen MR) is 135 cm³/mol. The summed E-state index contributed by atoms with van der Waals surface area (Å²) in [5.74, 6) is -0.479. The first-order valence-electron chi connectivity index (χ1n) is 11.5. The molecule has 0 radical (unpaired) electrons. The van der Waals surface area contributed by atoms with Gasteiger partial charge >= 0.3 is 0 Å². The van der Waals surface area contributed by atoms with E-state index in [0.717, 1.165) is 6.42 Å². The summed E-state index contributed by atoms with van der Waals surface area (Å²) in [7, 11) is 0. The van der Waals surface area contributed by atoms with Crippen LogP contribution in [-0.4, -0.2) is 5.78 Å². The van der Waals surface area contributed by atoms with Gasteiger partial charge in [-0.05, 0) is 50.0 Å². The normalized spacial score (nSPS) is 9.23. The highest BCUT2D eigenvalue weighted by Gasteiger charge is 1.99. The lowest BCUT2D eigenvalue weighted by Gasteiger charge is -2.07. The Hall–Kier alpha value is -2.22. The van der Waals surface area contributed by atoms with Crippen LogP contribution in [0.2, 0.25) is 0 Å². The number of allylic oxidation sites excluding steroid dienone is 2. The molecule has 0 aliphatic heterocycles. The predicted octanol–water partition coefficient (Wildman–Crippen LogP) is 9.70. The molecule has 2 rings (SSSR count). The lowest BCUT2D eigenvalue weighted by atomic mass is 9.99. The van der Waals surface area contributed by atoms with E-state index in [-0.39, 0.29) is 11.6 Å². The number of hydrogen-bond acceptors (Lipinski definition) is 1. The van der Waals surface area contributed by atoms with Gasteiger partial charge in [0.15, 0.2) is 5.78 Å². The highest BCUT2D eigenvalue weighted by molar-refractivity contribution is 5.93. The van der Waals surface area contributed by atoms with Crippen LogP contribution in [0.25, 0.3) is 5.57 Å². The van der Waals surface area contributed by atoms with Crippen molar-refractivity contribution in [1.29, 1.82) is 0 Å². The maximum atomic E-state index is 12.4. The third-order valence-electron chi connectivity index (χ3n) is 3.59. The Labute approximate surface area is 186 Å². The molecular formula is C28H45FO. The van der Waals surface area contributed by atoms with E-state index in [9.17, 15) is 9.18 Å². The minimum atomic E-state index is -0.368. The smallest absolute Gasteiger partial charge is 0.159 e. The van der Waals surface area contributed by atoms with Crippen LogP contribution in [0.15, 0.2) is 54.6 Å². The van der Waals surface area contributed by atoms with Gasteiger partial charge in [0.05, 0.1) is 0 Å². The fourth-order valence-corrected chi connectivity index (χ4v) is 2.43. The maximum absolute atomic E-state index is 12.4. The summed E-state index contributed by atoms with van der Waals surface area (Å²) in [5, 5.41) is 0. The molecule has 0 fully saturated rings. The Morgan fingerprint density at radius 2 is 1.40 bits per heavy atom. The van der Waals surface area contributed by atoms with Crippen LogP contribution < -0.4 is 0 Å². The maximum Gasteiger partial charge on any atom is 0.159 e. The van der Waals surface area contributed by atoms with Gasteiger partial charge in [-0.25, -0.2) is 4.39 Å². The molecule has 0 saturated carbocycles. The van der Waals surface area contributed by atoms with E-state index in [4.69, 9.17) is 0 Å². The molecule has 0 N–H and O–H groups in total. The molecule has 2 aromatic carbocycles. The van der Waals surface area contributed by atoms with Gasteiger partial charge in [-0.15, -0.1) is 0 Å². The summed E-state index contributed by atoms with van der Waals surface area (Å²) >= 11 is 0. The Kier molecular flexibility index (Phi) is 24.9. The third kappa shape index (κ3) is 15.7. The Bertz CT molecular complexity index is 687. The number of carbonyl (C=O) groups excluding carboxylic acids is 1. The van der Waals surface area contributed by atoms with Crippen molar-refractivity contribution in [3.63, 3.8) is 0 Å². The van der Waals surface area contributed by atoms with Crippen LogP contribution in [0.3, 0.4) is 0 Å². The van der Waals surface area contributed by atoms with E-state index in [0.29, 0.717) is 5.56 Å². The van der Waals surface area contributed by atoms with Crippen molar-refractivity contribution in [3.8, 4) is 0 Å². The van der Waals surface area contributed by atoms with Crippen LogP contribution in [0.5, 0.6) is 0 Å². The number of benzene rings is 2. The number of halogens is 1. The summed E-state index contributed by atoms with van der Waals surface area (Å²) in [6.45, 7) is 20.0. The van der Waals surface area contributed by atoms with E-state index in [1.54, 1.807) is 6.07 Å². The van der Waals surface area contributed by atoms with Gasteiger partial charge in [0.2, 0.25) is 0 Å². The largest absolute Gasteiger partial charge is 0.295 e. The molecule has 0 saturated heterocycles. The van der Waals surface area contributed by atoms with Gasteiger partial charge in [0.1, 0.15) is 5.82 Å². The molecule has 0 spiro atoms. The minimum Gasteiger partial charge on any atom is -0.295 e. The molecule has 2 aromatic rings. The summed E-state index contributed by atoms with van der Waals surface area (Å²) in [5.41, 5.74) is 4.66. The standard InChI is InChI=1S/C14H20.C8H7FO.3C2H6/c1-4-7-13(8-5-2)14-10-6-9-12(3)11-14;1-6(10)7-3-2-4-8(9)5-7;3*1-2/h6-7,9-11H,4-5,8H2,1-3H3;2-5H,1H3;3*1-2H3/b13-7-;;;;. The van der Waals surface area contributed by atoms with Crippen molar-refractivity contribution >= 4 is 11.4 Å². The van der Waals surface area contributed by atoms with Crippen molar-refractivity contribution in [2.45, 2.75) is 88.5 Å². The lowest BCUT2D eigenvalue weighted by molar-refractivity contribution is 0.101. The molecule has 0 amide bonds. The van der Waals surface area contributed by atoms with Gasteiger partial charge in [-0.3, -0.25) is 4.79 Å². The minimum absolute atomic E-state index is 0.112. The second-order valence-electron chi connectivity index (χ2n) is 5.82. The van der Waals surface area contributed by atoms with Gasteiger partial charge in [-0.2, -0.15) is 0 Å². The molecule has 0 atom stereocenters. The molecule has 0 heterocycles. The van der Waals surface area contributed by atoms with E-state index in [2.05, 4.69) is 51.1 Å². The molecule has 1 nitrogen and oxygen atoms in total. The highest BCUT2D eigenvalue weighted by atomic mass is 19.1. The zero-order valence-corrected chi connectivity index (χ0v) is 21.1. The van der Waals surface area contributed by atoms with Crippen LogP contribution in [0.4, 0.5) is 4.39 Å².